The van der Waals surface area contributed by atoms with E-state index in [1.807, 2.05) is 0 Å². The van der Waals surface area contributed by atoms with Crippen LogP contribution >= 0.6 is 0 Å². The summed E-state index contributed by atoms with van der Waals surface area (Å²) >= 11 is 0. The maximum atomic E-state index is 10.3. The van der Waals surface area contributed by atoms with Crippen molar-refractivity contribution in [2.45, 2.75) is 13.0 Å². The average Bonchev–Trinajstić information content (AvgIpc) is 1.99. The van der Waals surface area contributed by atoms with Gasteiger partial charge in [0.1, 0.15) is 0 Å². The van der Waals surface area contributed by atoms with Gasteiger partial charge in [-0.15, -0.1) is 0 Å². The summed E-state index contributed by atoms with van der Waals surface area (Å²) in [6.45, 7) is -0.493. The van der Waals surface area contributed by atoms with E-state index < -0.39 is 37.0 Å². The number of carboxylic acid groups (broad SMARTS) is 3. The van der Waals surface area contributed by atoms with Crippen LogP contribution in [0.5, 0.6) is 0 Å². The van der Waals surface area contributed by atoms with Gasteiger partial charge in [-0.1, -0.05) is 0 Å². The molecule has 0 rings (SSSR count). The number of hydrogen-bond donors (Lipinski definition) is 0. The van der Waals surface area contributed by atoms with E-state index >= 15 is 0 Å². The van der Waals surface area contributed by atoms with Crippen LogP contribution in [0.4, 0.5) is 0 Å². The van der Waals surface area contributed by atoms with Gasteiger partial charge in [-0.05, 0) is 6.92 Å². The molecule has 1 atom stereocenters. The third-order valence-corrected chi connectivity index (χ3v) is 1.55. The van der Waals surface area contributed by atoms with Crippen LogP contribution in [-0.4, -0.2) is 41.9 Å². The Hall–Kier alpha value is 1.37. The number of aliphatic carboxylic acids is 3. The second kappa shape index (κ2) is 13.8. The summed E-state index contributed by atoms with van der Waals surface area (Å²) in [7, 11) is 0. The molecule has 0 bridgehead atoms. The summed E-state index contributed by atoms with van der Waals surface area (Å²) in [5.41, 5.74) is 0. The first-order valence-corrected chi connectivity index (χ1v) is 3.69. The van der Waals surface area contributed by atoms with Crippen molar-refractivity contribution in [1.82, 2.24) is 4.90 Å². The molecule has 0 unspecified atom stereocenters. The van der Waals surface area contributed by atoms with Crippen LogP contribution in [0.15, 0.2) is 0 Å². The van der Waals surface area contributed by atoms with E-state index in [-0.39, 0.29) is 88.7 Å². The topological polar surface area (TPSA) is 124 Å². The molecule has 17 heavy (non-hydrogen) atoms. The van der Waals surface area contributed by atoms with Crippen molar-refractivity contribution in [1.29, 1.82) is 0 Å². The SMILES string of the molecule is C[C@@H](C(=O)[O-])N([13CH2]C(=O)[O-])[13CH2]C(=O)[O-].[Na+].[Na+].[Na+]. The number of nitrogens with zero attached hydrogens (tertiary/aromatic N) is 1. The zero-order valence-electron chi connectivity index (χ0n) is 10.4. The summed E-state index contributed by atoms with van der Waals surface area (Å²) in [6, 6.07) is -1.33. The second-order valence-electron chi connectivity index (χ2n) is 2.64. The van der Waals surface area contributed by atoms with Crippen molar-refractivity contribution < 1.29 is 118 Å². The molecule has 0 aromatic rings. The minimum atomic E-state index is -1.57. The fraction of sp³-hybridized carbons (Fsp3) is 0.571. The molecule has 0 radical (unpaired) electrons. The number of rotatable bonds is 6. The van der Waals surface area contributed by atoms with E-state index in [1.54, 1.807) is 0 Å². The first-order chi connectivity index (χ1) is 6.34. The number of carbonyl (C=O) groups excluding carboxylic acids is 3. The fourth-order valence-electron chi connectivity index (χ4n) is 0.810. The molecular formula is C7H8NNa3O6. The molecule has 10 heteroatoms. The van der Waals surface area contributed by atoms with Crippen molar-refractivity contribution in [3.05, 3.63) is 0 Å². The van der Waals surface area contributed by atoms with Gasteiger partial charge < -0.3 is 29.7 Å². The smallest absolute Gasteiger partial charge is 0.549 e. The maximum absolute atomic E-state index is 10.3. The van der Waals surface area contributed by atoms with E-state index in [2.05, 4.69) is 0 Å². The summed E-state index contributed by atoms with van der Waals surface area (Å²) in [4.78, 5) is 31.3. The van der Waals surface area contributed by atoms with Crippen molar-refractivity contribution >= 4 is 17.9 Å². The molecule has 0 saturated carbocycles. The molecule has 0 heterocycles. The molecule has 7 nitrogen and oxygen atoms in total. The summed E-state index contributed by atoms with van der Waals surface area (Å²) in [5.74, 6) is -4.70. The standard InChI is InChI=1S/C7H11NO6.3Na/c1-4(7(13)14)8(2-5(9)10)3-6(11)12;;;/h4H,2-3H2,1H3,(H,9,10)(H,11,12)(H,13,14);;;/q;3*+1/p-3/t4-;;;/m0.../s1/i2+1,3+1;;;. The van der Waals surface area contributed by atoms with Gasteiger partial charge in [-0.25, -0.2) is 0 Å². The number of carbonyl (C=O) groups is 3. The van der Waals surface area contributed by atoms with Gasteiger partial charge in [0.2, 0.25) is 0 Å². The van der Waals surface area contributed by atoms with Crippen LogP contribution in [-0.2, 0) is 14.4 Å². The van der Waals surface area contributed by atoms with Crippen LogP contribution in [0, 0.1) is 0 Å². The molecule has 0 aliphatic heterocycles. The van der Waals surface area contributed by atoms with Crippen LogP contribution < -0.4 is 104 Å². The average molecular weight is 273 g/mol. The molecule has 80 valence electrons. The Morgan fingerprint density at radius 3 is 1.41 bits per heavy atom. The van der Waals surface area contributed by atoms with Crippen molar-refractivity contribution in [3.63, 3.8) is 0 Å². The van der Waals surface area contributed by atoms with Crippen LogP contribution in [0.3, 0.4) is 0 Å². The third kappa shape index (κ3) is 13.6. The van der Waals surface area contributed by atoms with Gasteiger partial charge in [-0.3, -0.25) is 4.90 Å². The monoisotopic (exact) mass is 273 g/mol. The predicted molar refractivity (Wildman–Crippen MR) is 36.1 cm³/mol. The molecule has 0 amide bonds. The van der Waals surface area contributed by atoms with Gasteiger partial charge in [0, 0.05) is 19.1 Å². The Bertz CT molecular complexity index is 246. The van der Waals surface area contributed by atoms with E-state index in [9.17, 15) is 29.7 Å². The molecule has 0 aliphatic rings. The van der Waals surface area contributed by atoms with Gasteiger partial charge in [0.25, 0.3) is 0 Å². The number of carboxylic acids is 3. The van der Waals surface area contributed by atoms with E-state index in [0.29, 0.717) is 4.90 Å². The minimum absolute atomic E-state index is 0. The molecule has 0 fully saturated rings. The maximum Gasteiger partial charge on any atom is 1.00 e. The Balaban J connectivity index is -0.000000282. The van der Waals surface area contributed by atoms with Crippen molar-refractivity contribution in [3.8, 4) is 0 Å². The Labute approximate surface area is 165 Å². The third-order valence-electron chi connectivity index (χ3n) is 1.55. The Morgan fingerprint density at radius 2 is 1.24 bits per heavy atom. The van der Waals surface area contributed by atoms with Crippen LogP contribution in [0.25, 0.3) is 0 Å². The van der Waals surface area contributed by atoms with Gasteiger partial charge in [-0.2, -0.15) is 0 Å². The van der Waals surface area contributed by atoms with Gasteiger partial charge >= 0.3 is 88.7 Å². The van der Waals surface area contributed by atoms with Crippen LogP contribution in [0.1, 0.15) is 6.92 Å². The molecule has 0 spiro atoms. The summed E-state index contributed by atoms with van der Waals surface area (Å²) in [5, 5.41) is 30.6. The molecular weight excluding hydrogens is 265 g/mol. The summed E-state index contributed by atoms with van der Waals surface area (Å²) < 4.78 is 0. The van der Waals surface area contributed by atoms with Gasteiger partial charge in [0.15, 0.2) is 0 Å². The first kappa shape index (κ1) is 26.8. The van der Waals surface area contributed by atoms with Crippen molar-refractivity contribution in [2.24, 2.45) is 0 Å². The zero-order chi connectivity index (χ0) is 11.3. The van der Waals surface area contributed by atoms with Crippen LogP contribution in [0.2, 0.25) is 0 Å². The molecule has 0 aromatic carbocycles. The Morgan fingerprint density at radius 1 is 0.941 bits per heavy atom. The molecule has 0 N–H and O–H groups in total. The zero-order valence-corrected chi connectivity index (χ0v) is 16.4. The molecule has 0 saturated heterocycles. The number of hydrogen-bond acceptors (Lipinski definition) is 7. The van der Waals surface area contributed by atoms with Crippen molar-refractivity contribution in [2.75, 3.05) is 13.1 Å². The normalized spacial score (nSPS) is 10.2. The second-order valence-corrected chi connectivity index (χ2v) is 2.64. The molecule has 0 aromatic heterocycles. The quantitative estimate of drug-likeness (QED) is 0.347. The first-order valence-electron chi connectivity index (χ1n) is 3.69. The Kier molecular flexibility index (Phi) is 21.8. The minimum Gasteiger partial charge on any atom is -0.549 e. The molecule has 0 aliphatic carbocycles. The van der Waals surface area contributed by atoms with E-state index in [0.717, 1.165) is 6.92 Å². The van der Waals surface area contributed by atoms with E-state index in [4.69, 9.17) is 0 Å². The fourth-order valence-corrected chi connectivity index (χ4v) is 0.810. The largest absolute Gasteiger partial charge is 1.00 e. The van der Waals surface area contributed by atoms with Gasteiger partial charge in [0.05, 0.1) is 17.9 Å². The summed E-state index contributed by atoms with van der Waals surface area (Å²) in [6.07, 6.45) is 0. The predicted octanol–water partition coefficient (Wildman–Crippen LogP) is -14.1. The van der Waals surface area contributed by atoms with E-state index in [1.165, 1.54) is 0 Å².